The van der Waals surface area contributed by atoms with E-state index < -0.39 is 53.6 Å². The van der Waals surface area contributed by atoms with Crippen LogP contribution in [0.1, 0.15) is 46.6 Å². The van der Waals surface area contributed by atoms with Crippen LogP contribution in [0.25, 0.3) is 0 Å². The van der Waals surface area contributed by atoms with Crippen LogP contribution in [0.2, 0.25) is 0 Å². The molecule has 8 heteroatoms. The normalized spacial score (nSPS) is 20.8. The highest BCUT2D eigenvalue weighted by atomic mass is 32.2. The van der Waals surface area contributed by atoms with E-state index in [9.17, 15) is 30.7 Å². The van der Waals surface area contributed by atoms with E-state index in [4.69, 9.17) is 0 Å². The second kappa shape index (κ2) is 6.68. The van der Waals surface area contributed by atoms with Crippen LogP contribution in [0.15, 0.2) is 29.2 Å². The Balaban J connectivity index is 1.85. The van der Waals surface area contributed by atoms with Crippen molar-refractivity contribution in [1.82, 2.24) is 0 Å². The van der Waals surface area contributed by atoms with E-state index in [0.29, 0.717) is 30.4 Å². The zero-order valence-corrected chi connectivity index (χ0v) is 15.3. The first kappa shape index (κ1) is 19.6. The first-order valence-electron chi connectivity index (χ1n) is 8.80. The van der Waals surface area contributed by atoms with Gasteiger partial charge in [-0.05, 0) is 71.0 Å². The number of thioether (sulfide) groups is 1. The molecule has 2 aromatic carbocycles. The second-order valence-corrected chi connectivity index (χ2v) is 8.38. The van der Waals surface area contributed by atoms with E-state index in [-0.39, 0.29) is 21.6 Å². The number of halogens is 7. The molecule has 0 unspecified atom stereocenters. The van der Waals surface area contributed by atoms with Crippen molar-refractivity contribution in [3.05, 3.63) is 63.7 Å². The minimum atomic E-state index is -4.59. The molecule has 0 heterocycles. The maximum absolute atomic E-state index is 14.5. The number of aryl methyl sites for hydroxylation is 1. The van der Waals surface area contributed by atoms with Crippen molar-refractivity contribution in [2.24, 2.45) is 0 Å². The lowest BCUT2D eigenvalue weighted by Crippen LogP contribution is -2.17. The van der Waals surface area contributed by atoms with E-state index in [0.717, 1.165) is 6.07 Å². The van der Waals surface area contributed by atoms with Gasteiger partial charge in [0.25, 0.3) is 5.92 Å². The molecule has 0 saturated heterocycles. The average molecular weight is 420 g/mol. The third-order valence-electron chi connectivity index (χ3n) is 5.36. The molecule has 0 radical (unpaired) electrons. The predicted molar refractivity (Wildman–Crippen MR) is 91.8 cm³/mol. The summed E-state index contributed by atoms with van der Waals surface area (Å²) < 4.78 is 94.8. The summed E-state index contributed by atoms with van der Waals surface area (Å²) in [6, 6.07) is 4.60. The summed E-state index contributed by atoms with van der Waals surface area (Å²) in [5, 5.41) is 0. The van der Waals surface area contributed by atoms with Gasteiger partial charge in [-0.1, -0.05) is 6.07 Å². The Morgan fingerprint density at radius 3 is 2.43 bits per heavy atom. The molecule has 2 aliphatic rings. The average Bonchev–Trinajstić information content (AvgIpc) is 2.88. The summed E-state index contributed by atoms with van der Waals surface area (Å²) in [5.41, 5.74) is -3.26. The highest BCUT2D eigenvalue weighted by Gasteiger charge is 2.43. The quantitative estimate of drug-likeness (QED) is 0.381. The first-order chi connectivity index (χ1) is 13.0. The molecule has 0 amide bonds. The summed E-state index contributed by atoms with van der Waals surface area (Å²) in [5.74, 6) is -5.16. The van der Waals surface area contributed by atoms with Crippen molar-refractivity contribution in [1.29, 1.82) is 0 Å². The van der Waals surface area contributed by atoms with Crippen LogP contribution in [0.4, 0.5) is 30.7 Å². The van der Waals surface area contributed by atoms with E-state index >= 15 is 0 Å². The fourth-order valence-corrected chi connectivity index (χ4v) is 5.11. The van der Waals surface area contributed by atoms with Gasteiger partial charge < -0.3 is 0 Å². The van der Waals surface area contributed by atoms with Gasteiger partial charge in [0.2, 0.25) is 0 Å². The Kier molecular flexibility index (Phi) is 4.68. The Morgan fingerprint density at radius 1 is 1.00 bits per heavy atom. The zero-order valence-electron chi connectivity index (χ0n) is 14.5. The molecule has 1 atom stereocenters. The van der Waals surface area contributed by atoms with Crippen LogP contribution >= 0.6 is 11.8 Å². The Labute approximate surface area is 161 Å². The first-order valence-corrected chi connectivity index (χ1v) is 9.62. The number of hydrogen-bond acceptors (Lipinski definition) is 1. The molecular weight excluding hydrogens is 405 g/mol. The van der Waals surface area contributed by atoms with E-state index in [1.807, 2.05) is 0 Å². The SMILES string of the molecule is Fc1cc(F)c2c(c1)CCC[C@H]2c1ccc(SC(F)(F)F)c2c1CC(F)(F)C2. The molecule has 0 saturated carbocycles. The van der Waals surface area contributed by atoms with Gasteiger partial charge in [-0.15, -0.1) is 0 Å². The van der Waals surface area contributed by atoms with Crippen molar-refractivity contribution in [3.63, 3.8) is 0 Å². The molecule has 0 aliphatic heterocycles. The molecule has 0 spiro atoms. The van der Waals surface area contributed by atoms with E-state index in [1.54, 1.807) is 0 Å². The van der Waals surface area contributed by atoms with Gasteiger partial charge >= 0.3 is 5.51 Å². The summed E-state index contributed by atoms with van der Waals surface area (Å²) in [7, 11) is 0. The van der Waals surface area contributed by atoms with Gasteiger partial charge in [-0.2, -0.15) is 13.2 Å². The van der Waals surface area contributed by atoms with Gasteiger partial charge in [0.1, 0.15) is 11.6 Å². The maximum Gasteiger partial charge on any atom is 0.446 e. The highest BCUT2D eigenvalue weighted by Crippen LogP contribution is 2.49. The standard InChI is InChI=1S/C20H15F7S/c21-11-6-10-2-1-3-13(18(10)16(22)7-11)12-4-5-17(28-20(25,26)27)15-9-19(23,24)8-14(12)15/h4-7,13H,1-3,8-9H2/t13-/m0/s1. The van der Waals surface area contributed by atoms with Gasteiger partial charge in [0, 0.05) is 29.7 Å². The number of hydrogen-bond donors (Lipinski definition) is 0. The number of rotatable bonds is 2. The molecule has 28 heavy (non-hydrogen) atoms. The Bertz CT molecular complexity index is 933. The predicted octanol–water partition coefficient (Wildman–Crippen LogP) is 6.78. The summed E-state index contributed by atoms with van der Waals surface area (Å²) >= 11 is -0.404. The van der Waals surface area contributed by atoms with Gasteiger partial charge in [0.05, 0.1) is 0 Å². The molecule has 4 rings (SSSR count). The summed E-state index contributed by atoms with van der Waals surface area (Å²) in [6.07, 6.45) is 0.129. The van der Waals surface area contributed by atoms with Crippen molar-refractivity contribution < 1.29 is 30.7 Å². The number of benzene rings is 2. The van der Waals surface area contributed by atoms with Crippen LogP contribution in [0, 0.1) is 11.6 Å². The minimum absolute atomic E-state index is 0.0144. The Morgan fingerprint density at radius 2 is 1.71 bits per heavy atom. The highest BCUT2D eigenvalue weighted by molar-refractivity contribution is 8.00. The third kappa shape index (κ3) is 3.63. The van der Waals surface area contributed by atoms with Gasteiger partial charge in [-0.3, -0.25) is 0 Å². The molecule has 2 aliphatic carbocycles. The van der Waals surface area contributed by atoms with E-state index in [2.05, 4.69) is 0 Å². The molecule has 2 aromatic rings. The fraction of sp³-hybridized carbons (Fsp3) is 0.400. The molecule has 150 valence electrons. The topological polar surface area (TPSA) is 0 Å². The minimum Gasteiger partial charge on any atom is -0.207 e. The molecule has 0 bridgehead atoms. The number of alkyl halides is 5. The van der Waals surface area contributed by atoms with Crippen LogP contribution in [0.5, 0.6) is 0 Å². The van der Waals surface area contributed by atoms with Crippen LogP contribution < -0.4 is 0 Å². The number of fused-ring (bicyclic) bond motifs is 2. The molecular formula is C20H15F7S. The molecule has 0 N–H and O–H groups in total. The van der Waals surface area contributed by atoms with Crippen molar-refractivity contribution in [2.45, 2.75) is 54.3 Å². The van der Waals surface area contributed by atoms with Gasteiger partial charge in [-0.25, -0.2) is 17.6 Å². The Hall–Kier alpha value is -1.70. The molecule has 0 nitrogen and oxygen atoms in total. The van der Waals surface area contributed by atoms with E-state index in [1.165, 1.54) is 18.2 Å². The molecule has 0 aromatic heterocycles. The third-order valence-corrected chi connectivity index (χ3v) is 6.20. The molecule has 0 fully saturated rings. The van der Waals surface area contributed by atoms with Gasteiger partial charge in [0.15, 0.2) is 0 Å². The second-order valence-electron chi connectivity index (χ2n) is 7.27. The largest absolute Gasteiger partial charge is 0.446 e. The van der Waals surface area contributed by atoms with Crippen molar-refractivity contribution >= 4 is 11.8 Å². The lowest BCUT2D eigenvalue weighted by Gasteiger charge is -2.28. The van der Waals surface area contributed by atoms with Crippen LogP contribution in [-0.2, 0) is 19.3 Å². The van der Waals surface area contributed by atoms with Crippen LogP contribution in [-0.4, -0.2) is 11.4 Å². The van der Waals surface area contributed by atoms with Crippen molar-refractivity contribution in [3.8, 4) is 0 Å². The monoisotopic (exact) mass is 420 g/mol. The van der Waals surface area contributed by atoms with Crippen molar-refractivity contribution in [2.75, 3.05) is 0 Å². The summed E-state index contributed by atoms with van der Waals surface area (Å²) in [4.78, 5) is -0.237. The zero-order chi connectivity index (χ0) is 20.3. The summed E-state index contributed by atoms with van der Waals surface area (Å²) in [6.45, 7) is 0. The lowest BCUT2D eigenvalue weighted by molar-refractivity contribution is -0.0329. The lowest BCUT2D eigenvalue weighted by atomic mass is 9.76. The van der Waals surface area contributed by atoms with Crippen LogP contribution in [0.3, 0.4) is 0 Å². The smallest absolute Gasteiger partial charge is 0.207 e. The fourth-order valence-electron chi connectivity index (χ4n) is 4.41. The maximum atomic E-state index is 14.5.